The second kappa shape index (κ2) is 6.92. The Morgan fingerprint density at radius 2 is 1.50 bits per heavy atom. The van der Waals surface area contributed by atoms with Gasteiger partial charge in [0.05, 0.1) is 5.36 Å². The van der Waals surface area contributed by atoms with E-state index in [9.17, 15) is 9.59 Å². The molecule has 8 rings (SSSR count). The standard InChI is InChI=1S/C32H18N2O2/c35-21-11-8-18-14-19-10-13-27-30(26(19)16-20(18)15-21)31(34-33-27)24-12-9-17-4-3-7-25-28(17)29(24)22-5-1-2-6-23(22)32(25)36/h1-10,12-14,16H,11,15H2. The van der Waals surface area contributed by atoms with Crippen LogP contribution in [0, 0.1) is 0 Å². The van der Waals surface area contributed by atoms with Crippen molar-refractivity contribution in [2.24, 2.45) is 10.2 Å². The fourth-order valence-corrected chi connectivity index (χ4v) is 6.04. The van der Waals surface area contributed by atoms with Crippen molar-refractivity contribution in [2.75, 3.05) is 0 Å². The van der Waals surface area contributed by atoms with Crippen molar-refractivity contribution in [1.29, 1.82) is 0 Å². The Balaban J connectivity index is 1.45. The van der Waals surface area contributed by atoms with Gasteiger partial charge < -0.3 is 0 Å². The van der Waals surface area contributed by atoms with E-state index in [0.717, 1.165) is 71.2 Å². The zero-order chi connectivity index (χ0) is 24.0. The molecule has 0 N–H and O–H groups in total. The lowest BCUT2D eigenvalue weighted by Gasteiger charge is -2.23. The molecule has 168 valence electrons. The highest BCUT2D eigenvalue weighted by Gasteiger charge is 2.30. The van der Waals surface area contributed by atoms with Crippen molar-refractivity contribution in [3.8, 4) is 11.1 Å². The van der Waals surface area contributed by atoms with Crippen molar-refractivity contribution in [1.82, 2.24) is 0 Å². The van der Waals surface area contributed by atoms with E-state index in [1.807, 2.05) is 48.5 Å². The molecule has 4 nitrogen and oxygen atoms in total. The number of carbonyl (C=O) groups is 2. The van der Waals surface area contributed by atoms with Crippen LogP contribution >= 0.6 is 0 Å². The lowest BCUT2D eigenvalue weighted by molar-refractivity contribution is -0.117. The molecule has 0 bridgehead atoms. The molecule has 0 radical (unpaired) electrons. The lowest BCUT2D eigenvalue weighted by atomic mass is 9.79. The molecule has 0 aromatic heterocycles. The van der Waals surface area contributed by atoms with Crippen LogP contribution in [0.5, 0.6) is 0 Å². The van der Waals surface area contributed by atoms with Crippen LogP contribution < -0.4 is 10.6 Å². The summed E-state index contributed by atoms with van der Waals surface area (Å²) in [4.78, 5) is 25.6. The molecule has 2 aliphatic carbocycles. The predicted octanol–water partition coefficient (Wildman–Crippen LogP) is 4.89. The second-order valence-corrected chi connectivity index (χ2v) is 9.67. The maximum absolute atomic E-state index is 13.4. The molecule has 4 heteroatoms. The minimum Gasteiger partial charge on any atom is -0.299 e. The minimum absolute atomic E-state index is 0.0530. The summed E-state index contributed by atoms with van der Waals surface area (Å²) < 4.78 is 0. The van der Waals surface area contributed by atoms with E-state index in [2.05, 4.69) is 41.5 Å². The van der Waals surface area contributed by atoms with Crippen LogP contribution in [-0.4, -0.2) is 17.3 Å². The first-order valence-corrected chi connectivity index (χ1v) is 12.1. The fraction of sp³-hybridized carbons (Fsp3) is 0.0625. The van der Waals surface area contributed by atoms with Gasteiger partial charge in [0.1, 0.15) is 11.5 Å². The van der Waals surface area contributed by atoms with Gasteiger partial charge in [-0.05, 0) is 50.7 Å². The van der Waals surface area contributed by atoms with E-state index in [1.54, 1.807) is 0 Å². The molecule has 0 amide bonds. The molecule has 3 aliphatic rings. The third-order valence-electron chi connectivity index (χ3n) is 7.68. The Hall–Kier alpha value is -4.70. The zero-order valence-corrected chi connectivity index (χ0v) is 19.2. The topological polar surface area (TPSA) is 58.9 Å². The third kappa shape index (κ3) is 2.53. The van der Waals surface area contributed by atoms with E-state index in [4.69, 9.17) is 5.10 Å². The van der Waals surface area contributed by atoms with Gasteiger partial charge in [0, 0.05) is 46.0 Å². The lowest BCUT2D eigenvalue weighted by Crippen LogP contribution is -2.21. The van der Waals surface area contributed by atoms with Crippen molar-refractivity contribution >= 4 is 44.9 Å². The summed E-state index contributed by atoms with van der Waals surface area (Å²) >= 11 is 0. The normalized spacial score (nSPS) is 15.2. The van der Waals surface area contributed by atoms with Crippen LogP contribution in [0.4, 0.5) is 0 Å². The summed E-state index contributed by atoms with van der Waals surface area (Å²) in [5.74, 6) is 0.290. The summed E-state index contributed by atoms with van der Waals surface area (Å²) in [5.41, 5.74) is 7.19. The number of fused-ring (bicyclic) bond motifs is 6. The van der Waals surface area contributed by atoms with Gasteiger partial charge in [0.25, 0.3) is 0 Å². The Morgan fingerprint density at radius 1 is 0.667 bits per heavy atom. The molecule has 5 aromatic rings. The highest BCUT2D eigenvalue weighted by Crippen LogP contribution is 2.42. The largest absolute Gasteiger partial charge is 0.299 e. The van der Waals surface area contributed by atoms with Gasteiger partial charge in [-0.1, -0.05) is 66.7 Å². The van der Waals surface area contributed by atoms with E-state index in [-0.39, 0.29) is 11.6 Å². The van der Waals surface area contributed by atoms with Gasteiger partial charge in [-0.15, -0.1) is 10.2 Å². The zero-order valence-electron chi connectivity index (χ0n) is 19.2. The first-order valence-electron chi connectivity index (χ1n) is 12.1. The van der Waals surface area contributed by atoms with Gasteiger partial charge in [-0.25, -0.2) is 0 Å². The van der Waals surface area contributed by atoms with Crippen LogP contribution in [0.1, 0.15) is 39.0 Å². The van der Waals surface area contributed by atoms with Crippen molar-refractivity contribution in [3.63, 3.8) is 0 Å². The second-order valence-electron chi connectivity index (χ2n) is 9.67. The first-order chi connectivity index (χ1) is 17.7. The van der Waals surface area contributed by atoms with Crippen LogP contribution in [0.2, 0.25) is 0 Å². The van der Waals surface area contributed by atoms with Gasteiger partial charge in [-0.3, -0.25) is 9.59 Å². The quantitative estimate of drug-likeness (QED) is 0.350. The summed E-state index contributed by atoms with van der Waals surface area (Å²) in [6.45, 7) is 0. The first kappa shape index (κ1) is 19.6. The number of nitrogens with zero attached hydrogens (tertiary/aromatic N) is 2. The Kier molecular flexibility index (Phi) is 3.77. The summed E-state index contributed by atoms with van der Waals surface area (Å²) in [7, 11) is 0. The minimum atomic E-state index is 0.0530. The average Bonchev–Trinajstić information content (AvgIpc) is 3.35. The predicted molar refractivity (Wildman–Crippen MR) is 141 cm³/mol. The molecule has 0 atom stereocenters. The smallest absolute Gasteiger partial charge is 0.194 e. The van der Waals surface area contributed by atoms with Gasteiger partial charge in [0.15, 0.2) is 5.78 Å². The van der Waals surface area contributed by atoms with E-state index in [0.29, 0.717) is 18.4 Å². The summed E-state index contributed by atoms with van der Waals surface area (Å²) in [5, 5.41) is 15.4. The Bertz CT molecular complexity index is 2030. The molecule has 1 heterocycles. The molecular weight excluding hydrogens is 444 g/mol. The van der Waals surface area contributed by atoms with E-state index >= 15 is 0 Å². The van der Waals surface area contributed by atoms with Crippen LogP contribution in [0.25, 0.3) is 38.7 Å². The molecule has 0 unspecified atom stereocenters. The van der Waals surface area contributed by atoms with Crippen molar-refractivity contribution < 1.29 is 9.59 Å². The highest BCUT2D eigenvalue weighted by atomic mass is 16.1. The van der Waals surface area contributed by atoms with Gasteiger partial charge >= 0.3 is 0 Å². The van der Waals surface area contributed by atoms with Crippen molar-refractivity contribution in [3.05, 3.63) is 117 Å². The molecule has 0 saturated heterocycles. The van der Waals surface area contributed by atoms with Gasteiger partial charge in [-0.2, -0.15) is 0 Å². The van der Waals surface area contributed by atoms with E-state index < -0.39 is 0 Å². The maximum Gasteiger partial charge on any atom is 0.194 e. The van der Waals surface area contributed by atoms with Crippen LogP contribution in [0.15, 0.2) is 89.1 Å². The number of rotatable bonds is 1. The number of Topliss-reactive ketones (excluding diaryl/α,β-unsaturated/α-hetero) is 1. The average molecular weight is 463 g/mol. The highest BCUT2D eigenvalue weighted by molar-refractivity contribution is 6.31. The monoisotopic (exact) mass is 462 g/mol. The Morgan fingerprint density at radius 3 is 2.42 bits per heavy atom. The maximum atomic E-state index is 13.4. The van der Waals surface area contributed by atoms with Crippen molar-refractivity contribution in [2.45, 2.75) is 12.8 Å². The number of benzene rings is 5. The molecule has 0 fully saturated rings. The fourth-order valence-electron chi connectivity index (χ4n) is 6.04. The molecule has 36 heavy (non-hydrogen) atoms. The van der Waals surface area contributed by atoms with Crippen LogP contribution in [0.3, 0.4) is 0 Å². The number of hydrogen-bond acceptors (Lipinski definition) is 4. The van der Waals surface area contributed by atoms with Crippen LogP contribution in [-0.2, 0) is 11.2 Å². The molecule has 1 aliphatic heterocycles. The molecule has 0 spiro atoms. The molecule has 0 saturated carbocycles. The van der Waals surface area contributed by atoms with E-state index in [1.165, 1.54) is 0 Å². The molecule has 5 aromatic carbocycles. The molecular formula is C32H18N2O2. The number of ketones is 2. The van der Waals surface area contributed by atoms with Gasteiger partial charge in [0.2, 0.25) is 0 Å². The number of carbonyl (C=O) groups excluding carboxylic acids is 2. The number of hydrogen-bond donors (Lipinski definition) is 0. The summed E-state index contributed by atoms with van der Waals surface area (Å²) in [6.07, 6.45) is 2.97. The Labute approximate surface area is 205 Å². The summed E-state index contributed by atoms with van der Waals surface area (Å²) in [6, 6.07) is 26.3. The SMILES string of the molecule is O=C1CC=c2cc3ccc4c(c3cc2C1)C(c1ccc2cccc3c2c1-c1ccccc1C3=O)=NN=4. The third-order valence-corrected chi connectivity index (χ3v) is 7.68.